The van der Waals surface area contributed by atoms with Gasteiger partial charge in [0.1, 0.15) is 5.82 Å². The van der Waals surface area contributed by atoms with Crippen molar-refractivity contribution in [1.29, 1.82) is 0 Å². The van der Waals surface area contributed by atoms with E-state index in [1.165, 1.54) is 6.07 Å². The van der Waals surface area contributed by atoms with Gasteiger partial charge >= 0.3 is 0 Å². The molecule has 0 unspecified atom stereocenters. The lowest BCUT2D eigenvalue weighted by Gasteiger charge is -2.21. The maximum atomic E-state index is 13.1. The van der Waals surface area contributed by atoms with Crippen LogP contribution in [0.1, 0.15) is 18.9 Å². The van der Waals surface area contributed by atoms with E-state index in [1.54, 1.807) is 12.1 Å². The molecule has 0 spiro atoms. The molecule has 6 heteroatoms. The Kier molecular flexibility index (Phi) is 6.07. The number of hydrogen-bond acceptors (Lipinski definition) is 3. The Morgan fingerprint density at radius 3 is 2.83 bits per heavy atom. The second-order valence-corrected chi connectivity index (χ2v) is 4.90. The van der Waals surface area contributed by atoms with Gasteiger partial charge in [0.2, 0.25) is 0 Å². The highest BCUT2D eigenvalue weighted by Gasteiger charge is 2.09. The summed E-state index contributed by atoms with van der Waals surface area (Å²) < 4.78 is 13.6. The van der Waals surface area contributed by atoms with Gasteiger partial charge in [0.25, 0.3) is 0 Å². The van der Waals surface area contributed by atoms with Gasteiger partial charge in [-0.2, -0.15) is 0 Å². The van der Waals surface area contributed by atoms with E-state index in [9.17, 15) is 4.39 Å². The summed E-state index contributed by atoms with van der Waals surface area (Å²) >= 11 is 3.16. The number of oxime groups is 1. The first-order valence-corrected chi connectivity index (χ1v) is 6.48. The van der Waals surface area contributed by atoms with Crippen LogP contribution < -0.4 is 5.73 Å². The van der Waals surface area contributed by atoms with Crippen molar-refractivity contribution in [2.24, 2.45) is 10.9 Å². The zero-order valence-corrected chi connectivity index (χ0v) is 11.8. The highest BCUT2D eigenvalue weighted by atomic mass is 79.9. The molecule has 0 aromatic heterocycles. The first-order chi connectivity index (χ1) is 8.56. The summed E-state index contributed by atoms with van der Waals surface area (Å²) in [6, 6.07) is 4.90. The third-order valence-corrected chi connectivity index (χ3v) is 3.05. The minimum atomic E-state index is -0.280. The summed E-state index contributed by atoms with van der Waals surface area (Å²) in [5.41, 5.74) is 6.48. The van der Waals surface area contributed by atoms with Gasteiger partial charge in [0.05, 0.1) is 11.0 Å². The molecule has 4 nitrogen and oxygen atoms in total. The summed E-state index contributed by atoms with van der Waals surface area (Å²) in [7, 11) is 0. The van der Waals surface area contributed by atoms with E-state index in [2.05, 4.69) is 28.0 Å². The molecular formula is C12H17BrFN3O. The molecule has 18 heavy (non-hydrogen) atoms. The molecule has 0 amide bonds. The van der Waals surface area contributed by atoms with E-state index >= 15 is 0 Å². The lowest BCUT2D eigenvalue weighted by atomic mass is 10.2. The Balaban J connectivity index is 2.73. The van der Waals surface area contributed by atoms with Crippen LogP contribution in [-0.4, -0.2) is 29.0 Å². The van der Waals surface area contributed by atoms with Crippen LogP contribution in [0, 0.1) is 5.82 Å². The predicted octanol–water partition coefficient (Wildman–Crippen LogP) is 2.55. The van der Waals surface area contributed by atoms with E-state index in [1.807, 2.05) is 4.90 Å². The average Bonchev–Trinajstić information content (AvgIpc) is 2.34. The van der Waals surface area contributed by atoms with E-state index in [-0.39, 0.29) is 11.7 Å². The highest BCUT2D eigenvalue weighted by molar-refractivity contribution is 9.10. The number of hydrogen-bond donors (Lipinski definition) is 2. The second kappa shape index (κ2) is 7.33. The minimum absolute atomic E-state index is 0.171. The third-order valence-electron chi connectivity index (χ3n) is 2.44. The van der Waals surface area contributed by atoms with Crippen molar-refractivity contribution in [2.45, 2.75) is 19.9 Å². The van der Waals surface area contributed by atoms with Gasteiger partial charge in [-0.25, -0.2) is 4.39 Å². The summed E-state index contributed by atoms with van der Waals surface area (Å²) in [4.78, 5) is 2.04. The van der Waals surface area contributed by atoms with E-state index in [0.717, 1.165) is 18.5 Å². The maximum absolute atomic E-state index is 13.1. The smallest absolute Gasteiger partial charge is 0.153 e. The van der Waals surface area contributed by atoms with Crippen LogP contribution in [0.25, 0.3) is 0 Å². The topological polar surface area (TPSA) is 61.8 Å². The van der Waals surface area contributed by atoms with Crippen LogP contribution in [0.15, 0.2) is 27.8 Å². The molecule has 100 valence electrons. The molecule has 0 radical (unpaired) electrons. The summed E-state index contributed by atoms with van der Waals surface area (Å²) in [5.74, 6) is -0.109. The fraction of sp³-hybridized carbons (Fsp3) is 0.417. The lowest BCUT2D eigenvalue weighted by Crippen LogP contribution is -2.34. The van der Waals surface area contributed by atoms with Gasteiger partial charge in [-0.1, -0.05) is 18.1 Å². The quantitative estimate of drug-likeness (QED) is 0.367. The molecule has 1 aromatic carbocycles. The maximum Gasteiger partial charge on any atom is 0.153 e. The zero-order valence-electron chi connectivity index (χ0n) is 10.2. The van der Waals surface area contributed by atoms with Gasteiger partial charge in [-0.3, -0.25) is 4.90 Å². The molecule has 0 aliphatic rings. The molecule has 1 aromatic rings. The molecule has 0 aliphatic heterocycles. The fourth-order valence-corrected chi connectivity index (χ4v) is 2.11. The zero-order chi connectivity index (χ0) is 13.5. The van der Waals surface area contributed by atoms with Crippen LogP contribution in [-0.2, 0) is 6.54 Å². The highest BCUT2D eigenvalue weighted by Crippen LogP contribution is 2.18. The Labute approximate surface area is 114 Å². The average molecular weight is 318 g/mol. The first kappa shape index (κ1) is 14.9. The third kappa shape index (κ3) is 4.62. The monoisotopic (exact) mass is 317 g/mol. The number of rotatable bonds is 6. The predicted molar refractivity (Wildman–Crippen MR) is 73.1 cm³/mol. The number of amidine groups is 1. The Hall–Kier alpha value is -1.14. The van der Waals surface area contributed by atoms with Crippen LogP contribution in [0.4, 0.5) is 4.39 Å². The summed E-state index contributed by atoms with van der Waals surface area (Å²) in [5, 5.41) is 11.5. The molecule has 0 aliphatic carbocycles. The van der Waals surface area contributed by atoms with Crippen LogP contribution in [0.2, 0.25) is 0 Å². The minimum Gasteiger partial charge on any atom is -0.409 e. The van der Waals surface area contributed by atoms with E-state index in [0.29, 0.717) is 17.6 Å². The number of nitrogens with two attached hydrogens (primary N) is 1. The van der Waals surface area contributed by atoms with Crippen molar-refractivity contribution in [2.75, 3.05) is 13.1 Å². The fourth-order valence-electron chi connectivity index (χ4n) is 1.69. The molecule has 0 heterocycles. The van der Waals surface area contributed by atoms with Crippen molar-refractivity contribution in [3.8, 4) is 0 Å². The number of nitrogens with zero attached hydrogens (tertiary/aromatic N) is 2. The molecule has 1 rings (SSSR count). The molecule has 0 saturated heterocycles. The van der Waals surface area contributed by atoms with Crippen molar-refractivity contribution in [3.63, 3.8) is 0 Å². The summed E-state index contributed by atoms with van der Waals surface area (Å²) in [6.07, 6.45) is 0.959. The largest absolute Gasteiger partial charge is 0.409 e. The molecule has 0 saturated carbocycles. The van der Waals surface area contributed by atoms with E-state index in [4.69, 9.17) is 10.9 Å². The van der Waals surface area contributed by atoms with Gasteiger partial charge in [0.15, 0.2) is 5.84 Å². The van der Waals surface area contributed by atoms with Crippen molar-refractivity contribution in [3.05, 3.63) is 34.1 Å². The van der Waals surface area contributed by atoms with Crippen molar-refractivity contribution < 1.29 is 9.60 Å². The van der Waals surface area contributed by atoms with Crippen LogP contribution >= 0.6 is 15.9 Å². The first-order valence-electron chi connectivity index (χ1n) is 5.69. The molecule has 3 N–H and O–H groups in total. The molecular weight excluding hydrogens is 301 g/mol. The Morgan fingerprint density at radius 2 is 2.28 bits per heavy atom. The molecule has 0 bridgehead atoms. The normalized spacial score (nSPS) is 12.1. The standard InChI is InChI=1S/C12H17BrFN3O/c1-2-5-17(8-12(15)16-18)7-9-3-4-11(14)10(13)6-9/h3-4,6,18H,2,5,7-8H2,1H3,(H2,15,16). The number of halogens is 2. The van der Waals surface area contributed by atoms with Gasteiger partial charge in [0, 0.05) is 6.54 Å². The van der Waals surface area contributed by atoms with Crippen LogP contribution in [0.3, 0.4) is 0 Å². The van der Waals surface area contributed by atoms with E-state index < -0.39 is 0 Å². The summed E-state index contributed by atoms with van der Waals surface area (Å²) in [6.45, 7) is 3.90. The van der Waals surface area contributed by atoms with Gasteiger partial charge < -0.3 is 10.9 Å². The Morgan fingerprint density at radius 1 is 1.56 bits per heavy atom. The molecule has 0 fully saturated rings. The number of benzene rings is 1. The van der Waals surface area contributed by atoms with Gasteiger partial charge in [-0.15, -0.1) is 0 Å². The molecule has 0 atom stereocenters. The second-order valence-electron chi connectivity index (χ2n) is 4.05. The van der Waals surface area contributed by atoms with Crippen LogP contribution in [0.5, 0.6) is 0 Å². The Bertz CT molecular complexity index is 426. The van der Waals surface area contributed by atoms with Crippen molar-refractivity contribution >= 4 is 21.8 Å². The van der Waals surface area contributed by atoms with Crippen molar-refractivity contribution in [1.82, 2.24) is 4.90 Å². The van der Waals surface area contributed by atoms with Gasteiger partial charge in [-0.05, 0) is 46.6 Å². The SMILES string of the molecule is CCCN(CC(N)=NO)Cc1ccc(F)c(Br)c1. The lowest BCUT2D eigenvalue weighted by molar-refractivity contribution is 0.286.